The number of aromatic amines is 1. The van der Waals surface area contributed by atoms with E-state index in [0.29, 0.717) is 34.6 Å². The second-order valence-corrected chi connectivity index (χ2v) is 6.39. The molecule has 8 heteroatoms. The summed E-state index contributed by atoms with van der Waals surface area (Å²) in [5, 5.41) is 0. The molecule has 1 N–H and O–H groups in total. The second-order valence-electron chi connectivity index (χ2n) is 6.39. The molecule has 5 nitrogen and oxygen atoms in total. The predicted molar refractivity (Wildman–Crippen MR) is 94.5 cm³/mol. The lowest BCUT2D eigenvalue weighted by Crippen LogP contribution is -2.31. The quantitative estimate of drug-likeness (QED) is 0.692. The molecule has 1 aliphatic rings. The molecule has 2 heterocycles. The fraction of sp³-hybridized carbons (Fsp3) is 0.150. The number of alkyl halides is 3. The topological polar surface area (TPSA) is 66.1 Å². The maximum atomic E-state index is 12.9. The number of nitrogens with one attached hydrogen (secondary N) is 1. The zero-order chi connectivity index (χ0) is 19.9. The van der Waals surface area contributed by atoms with E-state index in [4.69, 9.17) is 0 Å². The number of imide groups is 1. The molecule has 0 spiro atoms. The van der Waals surface area contributed by atoms with Crippen molar-refractivity contribution in [1.82, 2.24) is 14.9 Å². The van der Waals surface area contributed by atoms with Crippen LogP contribution in [-0.4, -0.2) is 33.2 Å². The summed E-state index contributed by atoms with van der Waals surface area (Å²) in [6.45, 7) is 0.149. The lowest BCUT2D eigenvalue weighted by molar-refractivity contribution is -0.137. The lowest BCUT2D eigenvalue weighted by atomic mass is 10.1. The van der Waals surface area contributed by atoms with Crippen molar-refractivity contribution in [1.29, 1.82) is 0 Å². The minimum Gasteiger partial charge on any atom is -0.342 e. The molecule has 0 aliphatic carbocycles. The Hall–Kier alpha value is -3.42. The van der Waals surface area contributed by atoms with Crippen LogP contribution in [0.25, 0.3) is 11.4 Å². The van der Waals surface area contributed by atoms with E-state index in [9.17, 15) is 22.8 Å². The zero-order valence-corrected chi connectivity index (χ0v) is 14.5. The number of imidazole rings is 1. The molecule has 0 saturated carbocycles. The lowest BCUT2D eigenvalue weighted by Gasteiger charge is -2.12. The predicted octanol–water partition coefficient (Wildman–Crippen LogP) is 3.93. The van der Waals surface area contributed by atoms with Crippen molar-refractivity contribution < 1.29 is 22.8 Å². The van der Waals surface area contributed by atoms with E-state index in [-0.39, 0.29) is 18.4 Å². The van der Waals surface area contributed by atoms with Crippen LogP contribution in [0.4, 0.5) is 13.2 Å². The van der Waals surface area contributed by atoms with Crippen molar-refractivity contribution in [3.8, 4) is 11.4 Å². The van der Waals surface area contributed by atoms with Gasteiger partial charge in [-0.1, -0.05) is 24.3 Å². The van der Waals surface area contributed by atoms with Gasteiger partial charge in [-0.25, -0.2) is 4.98 Å². The number of hydrogen-bond acceptors (Lipinski definition) is 3. The molecule has 28 heavy (non-hydrogen) atoms. The third-order valence-electron chi connectivity index (χ3n) is 4.57. The molecule has 1 aliphatic heterocycles. The van der Waals surface area contributed by atoms with Gasteiger partial charge in [-0.15, -0.1) is 0 Å². The summed E-state index contributed by atoms with van der Waals surface area (Å²) in [6, 6.07) is 11.5. The number of fused-ring (bicyclic) bond motifs is 1. The number of rotatable bonds is 4. The minimum atomic E-state index is -4.43. The van der Waals surface area contributed by atoms with E-state index in [0.717, 1.165) is 17.0 Å². The van der Waals surface area contributed by atoms with Crippen molar-refractivity contribution in [2.45, 2.75) is 12.6 Å². The van der Waals surface area contributed by atoms with Gasteiger partial charge in [-0.3, -0.25) is 14.5 Å². The van der Waals surface area contributed by atoms with Gasteiger partial charge in [0.1, 0.15) is 5.82 Å². The van der Waals surface area contributed by atoms with Crippen molar-refractivity contribution in [3.63, 3.8) is 0 Å². The van der Waals surface area contributed by atoms with Crippen LogP contribution in [0.1, 0.15) is 32.0 Å². The summed E-state index contributed by atoms with van der Waals surface area (Å²) in [7, 11) is 0. The number of benzene rings is 2. The molecule has 1 aromatic heterocycles. The third kappa shape index (κ3) is 3.17. The van der Waals surface area contributed by atoms with Crippen LogP contribution >= 0.6 is 0 Å². The van der Waals surface area contributed by atoms with Crippen molar-refractivity contribution >= 4 is 11.8 Å². The Morgan fingerprint density at radius 1 is 0.964 bits per heavy atom. The average molecular weight is 385 g/mol. The number of amides is 2. The Labute approximate surface area is 157 Å². The van der Waals surface area contributed by atoms with E-state index in [1.54, 1.807) is 24.3 Å². The molecular weight excluding hydrogens is 371 g/mol. The highest BCUT2D eigenvalue weighted by molar-refractivity contribution is 6.21. The Bertz CT molecular complexity index is 1040. The van der Waals surface area contributed by atoms with Crippen LogP contribution < -0.4 is 0 Å². The van der Waals surface area contributed by atoms with E-state index < -0.39 is 11.7 Å². The first-order valence-corrected chi connectivity index (χ1v) is 8.51. The molecule has 0 saturated heterocycles. The number of carbonyl (C=O) groups is 2. The van der Waals surface area contributed by atoms with Gasteiger partial charge in [0, 0.05) is 30.4 Å². The molecular formula is C20H14F3N3O2. The van der Waals surface area contributed by atoms with E-state index in [1.807, 2.05) is 0 Å². The maximum Gasteiger partial charge on any atom is 0.416 e. The average Bonchev–Trinajstić information content (AvgIpc) is 3.24. The summed E-state index contributed by atoms with van der Waals surface area (Å²) in [6.07, 6.45) is -2.62. The van der Waals surface area contributed by atoms with Gasteiger partial charge in [0.05, 0.1) is 16.7 Å². The highest BCUT2D eigenvalue weighted by atomic mass is 19.4. The molecule has 0 unspecified atom stereocenters. The molecule has 0 fully saturated rings. The molecule has 0 radical (unpaired) electrons. The number of H-pyrrole nitrogens is 1. The van der Waals surface area contributed by atoms with Crippen LogP contribution in [0.5, 0.6) is 0 Å². The summed E-state index contributed by atoms with van der Waals surface area (Å²) in [5.41, 5.74) is 0.920. The van der Waals surface area contributed by atoms with Crippen molar-refractivity contribution in [2.75, 3.05) is 6.54 Å². The van der Waals surface area contributed by atoms with E-state index >= 15 is 0 Å². The van der Waals surface area contributed by atoms with Gasteiger partial charge in [0.25, 0.3) is 11.8 Å². The van der Waals surface area contributed by atoms with Gasteiger partial charge in [0.15, 0.2) is 0 Å². The highest BCUT2D eigenvalue weighted by Crippen LogP contribution is 2.31. The molecule has 2 aromatic carbocycles. The summed E-state index contributed by atoms with van der Waals surface area (Å²) in [5.74, 6) is -0.403. The normalized spacial score (nSPS) is 13.9. The zero-order valence-electron chi connectivity index (χ0n) is 14.5. The van der Waals surface area contributed by atoms with Crippen LogP contribution in [0.15, 0.2) is 54.7 Å². The fourth-order valence-corrected chi connectivity index (χ4v) is 3.15. The molecule has 0 bridgehead atoms. The first-order chi connectivity index (χ1) is 13.3. The van der Waals surface area contributed by atoms with Crippen LogP contribution in [0.3, 0.4) is 0 Å². The standard InChI is InChI=1S/C20H14F3N3O2/c21-20(22,23)13-5-3-4-12(10-13)17-24-11-14(25-17)8-9-26-18(27)15-6-1-2-7-16(15)19(26)28/h1-7,10-11H,8-9H2,(H,24,25). The van der Waals surface area contributed by atoms with Crippen LogP contribution in [0.2, 0.25) is 0 Å². The number of carbonyl (C=O) groups excluding carboxylic acids is 2. The second kappa shape index (κ2) is 6.63. The molecule has 3 aromatic rings. The molecule has 2 amide bonds. The van der Waals surface area contributed by atoms with Crippen molar-refractivity contribution in [2.24, 2.45) is 0 Å². The maximum absolute atomic E-state index is 12.9. The van der Waals surface area contributed by atoms with Gasteiger partial charge >= 0.3 is 6.18 Å². The molecule has 4 rings (SSSR count). The van der Waals surface area contributed by atoms with E-state index in [1.165, 1.54) is 18.3 Å². The van der Waals surface area contributed by atoms with Gasteiger partial charge in [0.2, 0.25) is 0 Å². The first-order valence-electron chi connectivity index (χ1n) is 8.51. The number of halogens is 3. The van der Waals surface area contributed by atoms with E-state index in [2.05, 4.69) is 9.97 Å². The minimum absolute atomic E-state index is 0.149. The Balaban J connectivity index is 1.48. The summed E-state index contributed by atoms with van der Waals surface area (Å²) < 4.78 is 38.6. The number of hydrogen-bond donors (Lipinski definition) is 1. The summed E-state index contributed by atoms with van der Waals surface area (Å²) >= 11 is 0. The molecule has 0 atom stereocenters. The fourth-order valence-electron chi connectivity index (χ4n) is 3.15. The largest absolute Gasteiger partial charge is 0.416 e. The Morgan fingerprint density at radius 2 is 1.64 bits per heavy atom. The van der Waals surface area contributed by atoms with Crippen molar-refractivity contribution in [3.05, 3.63) is 77.1 Å². The van der Waals surface area contributed by atoms with Crippen LogP contribution in [-0.2, 0) is 12.6 Å². The van der Waals surface area contributed by atoms with Crippen LogP contribution in [0, 0.1) is 0 Å². The van der Waals surface area contributed by atoms with Gasteiger partial charge < -0.3 is 4.98 Å². The third-order valence-corrected chi connectivity index (χ3v) is 4.57. The molecule has 142 valence electrons. The number of aromatic nitrogens is 2. The first kappa shape index (κ1) is 18.0. The monoisotopic (exact) mass is 385 g/mol. The Kier molecular flexibility index (Phi) is 4.26. The smallest absolute Gasteiger partial charge is 0.342 e. The SMILES string of the molecule is O=C1c2ccccc2C(=O)N1CCc1cnc(-c2cccc(C(F)(F)F)c2)[nH]1. The van der Waals surface area contributed by atoms with Gasteiger partial charge in [-0.05, 0) is 24.3 Å². The number of nitrogens with zero attached hydrogens (tertiary/aromatic N) is 2. The van der Waals surface area contributed by atoms with Gasteiger partial charge in [-0.2, -0.15) is 13.2 Å². The Morgan fingerprint density at radius 3 is 2.29 bits per heavy atom. The summed E-state index contributed by atoms with van der Waals surface area (Å²) in [4.78, 5) is 33.0. The highest BCUT2D eigenvalue weighted by Gasteiger charge is 2.34.